The number of sulfonamides is 1. The number of amides is 1. The molecule has 0 bridgehead atoms. The molecular formula is C13H21N3O4S. The molecule has 0 aliphatic heterocycles. The summed E-state index contributed by atoms with van der Waals surface area (Å²) in [6, 6.07) is 6.86. The summed E-state index contributed by atoms with van der Waals surface area (Å²) >= 11 is 0. The third-order valence-corrected chi connectivity index (χ3v) is 4.01. The lowest BCUT2D eigenvalue weighted by molar-refractivity contribution is -0.121. The molecule has 0 saturated carbocycles. The number of nitrogens with one attached hydrogen (secondary N) is 2. The highest BCUT2D eigenvalue weighted by Crippen LogP contribution is 2.12. The summed E-state index contributed by atoms with van der Waals surface area (Å²) in [7, 11) is -3.30. The van der Waals surface area contributed by atoms with E-state index in [0.717, 1.165) is 0 Å². The topological polar surface area (TPSA) is 111 Å². The molecule has 0 spiro atoms. The molecule has 0 aromatic heterocycles. The average Bonchev–Trinajstić information content (AvgIpc) is 2.40. The Morgan fingerprint density at radius 3 is 2.57 bits per heavy atom. The molecule has 21 heavy (non-hydrogen) atoms. The number of nitrogens with two attached hydrogens (primary N) is 1. The number of carbonyl (C=O) groups is 1. The van der Waals surface area contributed by atoms with Crippen LogP contribution in [0.15, 0.2) is 24.3 Å². The number of hydrogen-bond acceptors (Lipinski definition) is 5. The summed E-state index contributed by atoms with van der Waals surface area (Å²) in [5, 5.41) is 2.53. The first kappa shape index (κ1) is 17.3. The van der Waals surface area contributed by atoms with Crippen molar-refractivity contribution in [3.05, 3.63) is 24.3 Å². The van der Waals surface area contributed by atoms with Crippen molar-refractivity contribution in [3.63, 3.8) is 0 Å². The summed E-state index contributed by atoms with van der Waals surface area (Å²) in [6.45, 7) is 2.34. The quantitative estimate of drug-likeness (QED) is 0.560. The Bertz CT molecular complexity index is 543. The molecule has 1 aromatic rings. The highest BCUT2D eigenvalue weighted by atomic mass is 32.2. The molecular weight excluding hydrogens is 294 g/mol. The first-order valence-corrected chi connectivity index (χ1v) is 8.30. The molecule has 0 heterocycles. The SMILES string of the molecule is CCNS(=O)(=O)CCNC(=O)CCOc1ccc(N)cc1. The van der Waals surface area contributed by atoms with Crippen LogP contribution in [0, 0.1) is 0 Å². The van der Waals surface area contributed by atoms with E-state index in [1.807, 2.05) is 0 Å². The van der Waals surface area contributed by atoms with Gasteiger partial charge in [0.2, 0.25) is 15.9 Å². The van der Waals surface area contributed by atoms with E-state index in [9.17, 15) is 13.2 Å². The zero-order valence-electron chi connectivity index (χ0n) is 12.0. The molecule has 0 unspecified atom stereocenters. The number of carbonyl (C=O) groups excluding carboxylic acids is 1. The summed E-state index contributed by atoms with van der Waals surface area (Å²) < 4.78 is 30.4. The van der Waals surface area contributed by atoms with Crippen molar-refractivity contribution in [1.29, 1.82) is 0 Å². The van der Waals surface area contributed by atoms with Gasteiger partial charge in [-0.2, -0.15) is 0 Å². The van der Waals surface area contributed by atoms with Crippen LogP contribution in [0.25, 0.3) is 0 Å². The Morgan fingerprint density at radius 2 is 1.95 bits per heavy atom. The van der Waals surface area contributed by atoms with Gasteiger partial charge in [0, 0.05) is 18.8 Å². The van der Waals surface area contributed by atoms with Crippen LogP contribution in [0.1, 0.15) is 13.3 Å². The molecule has 4 N–H and O–H groups in total. The van der Waals surface area contributed by atoms with Crippen LogP contribution in [-0.4, -0.2) is 39.8 Å². The van der Waals surface area contributed by atoms with Crippen LogP contribution in [0.5, 0.6) is 5.75 Å². The van der Waals surface area contributed by atoms with Crippen molar-refractivity contribution in [3.8, 4) is 5.75 Å². The van der Waals surface area contributed by atoms with Crippen LogP contribution in [0.3, 0.4) is 0 Å². The standard InChI is InChI=1S/C13H21N3O4S/c1-2-16-21(18,19)10-8-15-13(17)7-9-20-12-5-3-11(14)4-6-12/h3-6,16H,2,7-10,14H2,1H3,(H,15,17). The molecule has 8 heteroatoms. The third kappa shape index (κ3) is 7.52. The van der Waals surface area contributed by atoms with Crippen LogP contribution in [0.2, 0.25) is 0 Å². The molecule has 1 amide bonds. The van der Waals surface area contributed by atoms with Crippen molar-refractivity contribution in [2.75, 3.05) is 31.2 Å². The van der Waals surface area contributed by atoms with Crippen molar-refractivity contribution in [2.45, 2.75) is 13.3 Å². The fraction of sp³-hybridized carbons (Fsp3) is 0.462. The van der Waals surface area contributed by atoms with Crippen LogP contribution < -0.4 is 20.5 Å². The van der Waals surface area contributed by atoms with E-state index in [1.165, 1.54) is 0 Å². The lowest BCUT2D eigenvalue weighted by Crippen LogP contribution is -2.34. The molecule has 0 radical (unpaired) electrons. The summed E-state index contributed by atoms with van der Waals surface area (Å²) in [5.74, 6) is 0.245. The van der Waals surface area contributed by atoms with E-state index < -0.39 is 10.0 Å². The molecule has 0 aliphatic carbocycles. The molecule has 0 saturated heterocycles. The smallest absolute Gasteiger partial charge is 0.223 e. The van der Waals surface area contributed by atoms with Crippen LogP contribution >= 0.6 is 0 Å². The molecule has 0 atom stereocenters. The maximum atomic E-state index is 11.5. The van der Waals surface area contributed by atoms with Crippen molar-refractivity contribution in [2.24, 2.45) is 0 Å². The number of benzene rings is 1. The van der Waals surface area contributed by atoms with Gasteiger partial charge >= 0.3 is 0 Å². The Morgan fingerprint density at radius 1 is 1.29 bits per heavy atom. The fourth-order valence-electron chi connectivity index (χ4n) is 1.53. The third-order valence-electron chi connectivity index (χ3n) is 2.54. The molecule has 1 rings (SSSR count). The normalized spacial score (nSPS) is 11.1. The molecule has 1 aromatic carbocycles. The minimum Gasteiger partial charge on any atom is -0.493 e. The summed E-state index contributed by atoms with van der Waals surface area (Å²) in [6.07, 6.45) is 0.158. The second-order valence-corrected chi connectivity index (χ2v) is 6.26. The Kier molecular flexibility index (Phi) is 6.97. The predicted molar refractivity (Wildman–Crippen MR) is 81.4 cm³/mol. The number of rotatable bonds is 9. The lowest BCUT2D eigenvalue weighted by Gasteiger charge is -2.08. The Hall–Kier alpha value is -1.80. The van der Waals surface area contributed by atoms with E-state index in [1.54, 1.807) is 31.2 Å². The maximum absolute atomic E-state index is 11.5. The van der Waals surface area contributed by atoms with Gasteiger partial charge in [0.25, 0.3) is 0 Å². The largest absolute Gasteiger partial charge is 0.493 e. The number of ether oxygens (including phenoxy) is 1. The second-order valence-electron chi connectivity index (χ2n) is 4.33. The average molecular weight is 315 g/mol. The minimum atomic E-state index is -3.30. The summed E-state index contributed by atoms with van der Waals surface area (Å²) in [5.41, 5.74) is 6.18. The number of anilines is 1. The highest BCUT2D eigenvalue weighted by molar-refractivity contribution is 7.89. The lowest BCUT2D eigenvalue weighted by atomic mass is 10.3. The van der Waals surface area contributed by atoms with E-state index in [4.69, 9.17) is 10.5 Å². The first-order valence-electron chi connectivity index (χ1n) is 6.65. The highest BCUT2D eigenvalue weighted by Gasteiger charge is 2.09. The molecule has 7 nitrogen and oxygen atoms in total. The van der Waals surface area contributed by atoms with E-state index >= 15 is 0 Å². The van der Waals surface area contributed by atoms with Gasteiger partial charge in [-0.15, -0.1) is 0 Å². The van der Waals surface area contributed by atoms with Crippen LogP contribution in [0.4, 0.5) is 5.69 Å². The van der Waals surface area contributed by atoms with Gasteiger partial charge < -0.3 is 15.8 Å². The van der Waals surface area contributed by atoms with Crippen molar-refractivity contribution < 1.29 is 17.9 Å². The van der Waals surface area contributed by atoms with Crippen LogP contribution in [-0.2, 0) is 14.8 Å². The monoisotopic (exact) mass is 315 g/mol. The maximum Gasteiger partial charge on any atom is 0.223 e. The van der Waals surface area contributed by atoms with Gasteiger partial charge in [-0.1, -0.05) is 6.92 Å². The zero-order chi connectivity index (χ0) is 15.7. The van der Waals surface area contributed by atoms with Gasteiger partial charge in [-0.25, -0.2) is 13.1 Å². The Labute approximate surface area is 124 Å². The molecule has 118 valence electrons. The number of nitrogen functional groups attached to an aromatic ring is 1. The first-order chi connectivity index (χ1) is 9.93. The van der Waals surface area contributed by atoms with E-state index in [-0.39, 0.29) is 31.2 Å². The minimum absolute atomic E-state index is 0.0794. The van der Waals surface area contributed by atoms with Crippen molar-refractivity contribution in [1.82, 2.24) is 10.0 Å². The van der Waals surface area contributed by atoms with E-state index in [2.05, 4.69) is 10.0 Å². The second kappa shape index (κ2) is 8.48. The number of hydrogen-bond donors (Lipinski definition) is 3. The Balaban J connectivity index is 2.18. The zero-order valence-corrected chi connectivity index (χ0v) is 12.8. The van der Waals surface area contributed by atoms with Crippen molar-refractivity contribution >= 4 is 21.6 Å². The predicted octanol–water partition coefficient (Wildman–Crippen LogP) is 0.0932. The van der Waals surface area contributed by atoms with Gasteiger partial charge in [-0.05, 0) is 24.3 Å². The van der Waals surface area contributed by atoms with E-state index in [0.29, 0.717) is 18.0 Å². The molecule has 0 fully saturated rings. The van der Waals surface area contributed by atoms with Gasteiger partial charge in [-0.3, -0.25) is 4.79 Å². The fourth-order valence-corrected chi connectivity index (χ4v) is 2.49. The van der Waals surface area contributed by atoms with Gasteiger partial charge in [0.1, 0.15) is 5.75 Å². The van der Waals surface area contributed by atoms with Gasteiger partial charge in [0.05, 0.1) is 18.8 Å². The van der Waals surface area contributed by atoms with Gasteiger partial charge in [0.15, 0.2) is 0 Å². The summed E-state index contributed by atoms with van der Waals surface area (Å²) in [4.78, 5) is 11.5. The molecule has 0 aliphatic rings.